The fourth-order valence-electron chi connectivity index (χ4n) is 6.24. The minimum absolute atomic E-state index is 0.0855. The number of ether oxygens (including phenoxy) is 2. The zero-order valence-electron chi connectivity index (χ0n) is 21.5. The molecule has 2 aromatic heterocycles. The van der Waals surface area contributed by atoms with Gasteiger partial charge in [0.15, 0.2) is 0 Å². The smallest absolute Gasteiger partial charge is 0.261 e. The zero-order valence-corrected chi connectivity index (χ0v) is 21.5. The van der Waals surface area contributed by atoms with E-state index in [-0.39, 0.29) is 23.0 Å². The summed E-state index contributed by atoms with van der Waals surface area (Å²) >= 11 is 0. The number of rotatable bonds is 1. The van der Waals surface area contributed by atoms with Gasteiger partial charge >= 0.3 is 0 Å². The molecule has 0 bridgehead atoms. The Labute approximate surface area is 209 Å². The van der Waals surface area contributed by atoms with Gasteiger partial charge in [0.2, 0.25) is 0 Å². The summed E-state index contributed by atoms with van der Waals surface area (Å²) in [6, 6.07) is 15.6. The number of hydrogen-bond acceptors (Lipinski definition) is 4. The molecule has 4 heterocycles. The van der Waals surface area contributed by atoms with E-state index in [0.29, 0.717) is 22.6 Å². The number of allylic oxidation sites excluding steroid dienone is 2. The number of nitrogens with zero attached hydrogens (tertiary/aromatic N) is 2. The topological polar surface area (TPSA) is 62.5 Å². The molecule has 0 N–H and O–H groups in total. The summed E-state index contributed by atoms with van der Waals surface area (Å²) in [5.74, 6) is 0.574. The van der Waals surface area contributed by atoms with Gasteiger partial charge < -0.3 is 18.6 Å². The number of benzene rings is 2. The molecule has 6 heteroatoms. The van der Waals surface area contributed by atoms with Crippen molar-refractivity contribution >= 4 is 21.8 Å². The SMILES string of the molecule is CC(C)=C[C@@H]1c2c(c3ccccc3n(C)c2=O)O[C@H]2c3c(c4ccccc4n(C)c3=O)OC(C)(C)[C@@H]12. The van der Waals surface area contributed by atoms with Crippen molar-refractivity contribution in [2.45, 2.75) is 45.3 Å². The molecule has 0 fully saturated rings. The van der Waals surface area contributed by atoms with Gasteiger partial charge in [-0.3, -0.25) is 9.59 Å². The summed E-state index contributed by atoms with van der Waals surface area (Å²) in [6.45, 7) is 8.14. The van der Waals surface area contributed by atoms with Crippen LogP contribution in [-0.2, 0) is 14.1 Å². The first-order valence-corrected chi connectivity index (χ1v) is 12.4. The Bertz CT molecular complexity index is 1720. The summed E-state index contributed by atoms with van der Waals surface area (Å²) < 4.78 is 16.9. The monoisotopic (exact) mass is 482 g/mol. The van der Waals surface area contributed by atoms with E-state index in [9.17, 15) is 9.59 Å². The normalized spacial score (nSPS) is 21.7. The fourth-order valence-corrected chi connectivity index (χ4v) is 6.24. The lowest BCUT2D eigenvalue weighted by Gasteiger charge is -2.50. The fraction of sp³-hybridized carbons (Fsp3) is 0.333. The van der Waals surface area contributed by atoms with Crippen molar-refractivity contribution in [2.24, 2.45) is 20.0 Å². The molecular formula is C30H30N2O4. The van der Waals surface area contributed by atoms with Crippen LogP contribution in [0.4, 0.5) is 0 Å². The van der Waals surface area contributed by atoms with Crippen molar-refractivity contribution in [1.82, 2.24) is 9.13 Å². The van der Waals surface area contributed by atoms with E-state index in [1.807, 2.05) is 76.2 Å². The Morgan fingerprint density at radius 1 is 0.833 bits per heavy atom. The molecule has 0 amide bonds. The van der Waals surface area contributed by atoms with Gasteiger partial charge in [-0.15, -0.1) is 0 Å². The van der Waals surface area contributed by atoms with Gasteiger partial charge in [0.25, 0.3) is 11.1 Å². The summed E-state index contributed by atoms with van der Waals surface area (Å²) in [7, 11) is 3.59. The highest BCUT2D eigenvalue weighted by Gasteiger charge is 2.54. The predicted molar refractivity (Wildman–Crippen MR) is 142 cm³/mol. The first-order chi connectivity index (χ1) is 17.1. The highest BCUT2D eigenvalue weighted by Crippen LogP contribution is 2.57. The van der Waals surface area contributed by atoms with Crippen LogP contribution in [0.1, 0.15) is 50.8 Å². The van der Waals surface area contributed by atoms with Crippen LogP contribution in [0.5, 0.6) is 11.5 Å². The van der Waals surface area contributed by atoms with E-state index in [1.54, 1.807) is 23.2 Å². The molecule has 2 aliphatic heterocycles. The summed E-state index contributed by atoms with van der Waals surface area (Å²) in [5.41, 5.74) is 2.91. The van der Waals surface area contributed by atoms with Gasteiger partial charge in [-0.2, -0.15) is 0 Å². The van der Waals surface area contributed by atoms with Gasteiger partial charge in [0.1, 0.15) is 28.8 Å². The molecule has 2 aliphatic rings. The summed E-state index contributed by atoms with van der Waals surface area (Å²) in [4.78, 5) is 27.6. The third kappa shape index (κ3) is 2.96. The minimum atomic E-state index is -0.711. The van der Waals surface area contributed by atoms with Crippen LogP contribution in [0, 0.1) is 5.92 Å². The Morgan fingerprint density at radius 2 is 1.36 bits per heavy atom. The molecule has 36 heavy (non-hydrogen) atoms. The lowest BCUT2D eigenvalue weighted by Crippen LogP contribution is -2.53. The quantitative estimate of drug-likeness (QED) is 0.343. The second-order valence-electron chi connectivity index (χ2n) is 10.8. The van der Waals surface area contributed by atoms with Crippen LogP contribution in [0.3, 0.4) is 0 Å². The van der Waals surface area contributed by atoms with E-state index in [0.717, 1.165) is 27.4 Å². The van der Waals surface area contributed by atoms with Crippen LogP contribution in [0.25, 0.3) is 21.8 Å². The van der Waals surface area contributed by atoms with Crippen LogP contribution in [-0.4, -0.2) is 14.7 Å². The molecule has 6 nitrogen and oxygen atoms in total. The van der Waals surface area contributed by atoms with Crippen LogP contribution >= 0.6 is 0 Å². The van der Waals surface area contributed by atoms with Gasteiger partial charge in [-0.1, -0.05) is 35.9 Å². The first kappa shape index (κ1) is 22.7. The second kappa shape index (κ2) is 7.60. The second-order valence-corrected chi connectivity index (χ2v) is 10.8. The number of para-hydroxylation sites is 2. The molecule has 3 atom stereocenters. The molecule has 0 aliphatic carbocycles. The van der Waals surface area contributed by atoms with Gasteiger partial charge in [0, 0.05) is 30.8 Å². The maximum absolute atomic E-state index is 13.8. The lowest BCUT2D eigenvalue weighted by atomic mass is 9.68. The van der Waals surface area contributed by atoms with Crippen molar-refractivity contribution in [3.05, 3.63) is 92.0 Å². The highest BCUT2D eigenvalue weighted by atomic mass is 16.5. The summed E-state index contributed by atoms with van der Waals surface area (Å²) in [5, 5.41) is 1.74. The van der Waals surface area contributed by atoms with Crippen molar-refractivity contribution in [1.29, 1.82) is 0 Å². The molecule has 0 saturated carbocycles. The Balaban J connectivity index is 1.75. The Hall–Kier alpha value is -3.80. The molecule has 184 valence electrons. The maximum atomic E-state index is 13.8. The highest BCUT2D eigenvalue weighted by molar-refractivity contribution is 5.89. The third-order valence-electron chi connectivity index (χ3n) is 7.84. The van der Waals surface area contributed by atoms with Gasteiger partial charge in [0.05, 0.1) is 22.5 Å². The lowest BCUT2D eigenvalue weighted by molar-refractivity contribution is -0.0595. The summed E-state index contributed by atoms with van der Waals surface area (Å²) in [6.07, 6.45) is 1.56. The Kier molecular flexibility index (Phi) is 4.78. The molecule has 2 aromatic carbocycles. The van der Waals surface area contributed by atoms with Gasteiger partial charge in [-0.05, 0) is 52.0 Å². The number of hydrogen-bond donors (Lipinski definition) is 0. The average Bonchev–Trinajstić information content (AvgIpc) is 2.84. The third-order valence-corrected chi connectivity index (χ3v) is 7.84. The van der Waals surface area contributed by atoms with E-state index in [2.05, 4.69) is 6.08 Å². The van der Waals surface area contributed by atoms with Crippen molar-refractivity contribution in [3.8, 4) is 11.5 Å². The standard InChI is InChI=1S/C30H30N2O4/c1-16(2)15-19-22-25(17-11-7-9-13-20(17)31(5)28(22)33)35-27-23-26(36-30(3,4)24(19)27)18-12-8-10-14-21(18)32(6)29(23)34/h7-15,19,24,27H,1-6H3/t19-,24+,27+/m1/s1. The minimum Gasteiger partial charge on any atom is -0.486 e. The predicted octanol–water partition coefficient (Wildman–Crippen LogP) is 5.36. The van der Waals surface area contributed by atoms with Crippen molar-refractivity contribution < 1.29 is 9.47 Å². The molecule has 0 radical (unpaired) electrons. The molecule has 0 unspecified atom stereocenters. The van der Waals surface area contributed by atoms with E-state index in [4.69, 9.17) is 9.47 Å². The van der Waals surface area contributed by atoms with E-state index < -0.39 is 11.7 Å². The van der Waals surface area contributed by atoms with Crippen molar-refractivity contribution in [3.63, 3.8) is 0 Å². The van der Waals surface area contributed by atoms with Gasteiger partial charge in [-0.25, -0.2) is 0 Å². The van der Waals surface area contributed by atoms with E-state index >= 15 is 0 Å². The average molecular weight is 483 g/mol. The number of fused-ring (bicyclic) bond motifs is 8. The Morgan fingerprint density at radius 3 is 1.94 bits per heavy atom. The van der Waals surface area contributed by atoms with Crippen molar-refractivity contribution in [2.75, 3.05) is 0 Å². The van der Waals surface area contributed by atoms with Crippen LogP contribution < -0.4 is 20.6 Å². The van der Waals surface area contributed by atoms with E-state index in [1.165, 1.54) is 0 Å². The number of aromatic nitrogens is 2. The number of aryl methyl sites for hydroxylation is 2. The molecule has 4 aromatic rings. The molecule has 0 saturated heterocycles. The number of pyridine rings is 2. The molecule has 0 spiro atoms. The molecular weight excluding hydrogens is 452 g/mol. The van der Waals surface area contributed by atoms with Crippen LogP contribution in [0.2, 0.25) is 0 Å². The first-order valence-electron chi connectivity index (χ1n) is 12.4. The molecule has 6 rings (SSSR count). The largest absolute Gasteiger partial charge is 0.486 e. The zero-order chi connectivity index (χ0) is 25.5. The van der Waals surface area contributed by atoms with Crippen LogP contribution in [0.15, 0.2) is 69.8 Å². The maximum Gasteiger partial charge on any atom is 0.261 e.